The van der Waals surface area contributed by atoms with Crippen molar-refractivity contribution in [1.82, 2.24) is 15.0 Å². The third-order valence-corrected chi connectivity index (χ3v) is 4.04. The fraction of sp³-hybridized carbons (Fsp3) is 0.438. The Hall–Kier alpha value is -2.24. The number of hydrogen-bond donors (Lipinski definition) is 1. The molecule has 1 aliphatic rings. The van der Waals surface area contributed by atoms with E-state index in [0.29, 0.717) is 12.2 Å². The lowest BCUT2D eigenvalue weighted by Gasteiger charge is -2.25. The molecule has 5 nitrogen and oxygen atoms in total. The van der Waals surface area contributed by atoms with Gasteiger partial charge in [-0.3, -0.25) is 0 Å². The molecule has 0 spiro atoms. The normalized spacial score (nSPS) is 14.5. The topological polar surface area (TPSA) is 53.9 Å². The number of nitrogens with one attached hydrogen (secondary N) is 1. The van der Waals surface area contributed by atoms with Gasteiger partial charge in [0.2, 0.25) is 0 Å². The van der Waals surface area contributed by atoms with E-state index in [1.54, 1.807) is 6.20 Å². The van der Waals surface area contributed by atoms with Gasteiger partial charge in [0.1, 0.15) is 12.1 Å². The summed E-state index contributed by atoms with van der Waals surface area (Å²) in [6, 6.07) is 3.88. The molecule has 0 radical (unpaired) electrons. The van der Waals surface area contributed by atoms with Crippen LogP contribution >= 0.6 is 0 Å². The zero-order chi connectivity index (χ0) is 15.5. The van der Waals surface area contributed by atoms with Crippen molar-refractivity contribution in [2.45, 2.75) is 31.7 Å². The Kier molecular flexibility index (Phi) is 4.18. The lowest BCUT2D eigenvalue weighted by atomic mass is 9.82. The van der Waals surface area contributed by atoms with Crippen LogP contribution < -0.4 is 10.2 Å². The first-order chi connectivity index (χ1) is 10.6. The summed E-state index contributed by atoms with van der Waals surface area (Å²) in [4.78, 5) is 14.3. The molecule has 22 heavy (non-hydrogen) atoms. The molecule has 3 rings (SSSR count). The highest BCUT2D eigenvalue weighted by Gasteiger charge is 2.25. The Bertz CT molecular complexity index is 655. The summed E-state index contributed by atoms with van der Waals surface area (Å²) in [5.41, 5.74) is 1.58. The SMILES string of the molecule is CN(C)c1cc(CNc2ncnc(C3CCC3)c2F)ccn1. The van der Waals surface area contributed by atoms with Gasteiger partial charge in [-0.05, 0) is 30.5 Å². The number of anilines is 2. The molecule has 6 heteroatoms. The molecule has 1 fully saturated rings. The number of halogens is 1. The van der Waals surface area contributed by atoms with Crippen LogP contribution in [0.4, 0.5) is 16.0 Å². The molecule has 1 N–H and O–H groups in total. The Balaban J connectivity index is 1.72. The van der Waals surface area contributed by atoms with Crippen molar-refractivity contribution in [3.05, 3.63) is 41.7 Å². The summed E-state index contributed by atoms with van der Waals surface area (Å²) in [6.07, 6.45) is 6.38. The molecule has 2 heterocycles. The molecule has 1 saturated carbocycles. The minimum atomic E-state index is -0.311. The van der Waals surface area contributed by atoms with Crippen molar-refractivity contribution in [1.29, 1.82) is 0 Å². The van der Waals surface area contributed by atoms with E-state index in [1.165, 1.54) is 6.33 Å². The van der Waals surface area contributed by atoms with E-state index in [1.807, 2.05) is 31.1 Å². The summed E-state index contributed by atoms with van der Waals surface area (Å²) in [6.45, 7) is 0.501. The molecule has 0 aliphatic heterocycles. The third-order valence-electron chi connectivity index (χ3n) is 4.04. The summed E-state index contributed by atoms with van der Waals surface area (Å²) in [5, 5.41) is 3.07. The monoisotopic (exact) mass is 301 g/mol. The van der Waals surface area contributed by atoms with Gasteiger partial charge < -0.3 is 10.2 Å². The molecule has 0 bridgehead atoms. The van der Waals surface area contributed by atoms with Crippen LogP contribution in [0.25, 0.3) is 0 Å². The average Bonchev–Trinajstić information content (AvgIpc) is 2.46. The smallest absolute Gasteiger partial charge is 0.187 e. The van der Waals surface area contributed by atoms with Gasteiger partial charge in [-0.1, -0.05) is 6.42 Å². The zero-order valence-electron chi connectivity index (χ0n) is 12.9. The largest absolute Gasteiger partial charge is 0.363 e. The first kappa shape index (κ1) is 14.7. The molecular formula is C16H20FN5. The molecule has 0 aromatic carbocycles. The van der Waals surface area contributed by atoms with Crippen LogP contribution in [0.15, 0.2) is 24.7 Å². The van der Waals surface area contributed by atoms with Crippen molar-refractivity contribution in [3.63, 3.8) is 0 Å². The lowest BCUT2D eigenvalue weighted by molar-refractivity contribution is 0.393. The van der Waals surface area contributed by atoms with Crippen molar-refractivity contribution in [3.8, 4) is 0 Å². The van der Waals surface area contributed by atoms with Gasteiger partial charge >= 0.3 is 0 Å². The molecule has 1 aliphatic carbocycles. The van der Waals surface area contributed by atoms with E-state index in [2.05, 4.69) is 20.3 Å². The molecule has 116 valence electrons. The second-order valence-electron chi connectivity index (χ2n) is 5.82. The highest BCUT2D eigenvalue weighted by molar-refractivity contribution is 5.43. The van der Waals surface area contributed by atoms with E-state index < -0.39 is 0 Å². The first-order valence-electron chi connectivity index (χ1n) is 7.51. The maximum atomic E-state index is 14.4. The summed E-state index contributed by atoms with van der Waals surface area (Å²) >= 11 is 0. The Labute approximate surface area is 129 Å². The summed E-state index contributed by atoms with van der Waals surface area (Å²) < 4.78 is 14.4. The van der Waals surface area contributed by atoms with Crippen LogP contribution in [-0.2, 0) is 6.54 Å². The molecule has 2 aromatic rings. The lowest BCUT2D eigenvalue weighted by Crippen LogP contribution is -2.15. The minimum absolute atomic E-state index is 0.254. The number of rotatable bonds is 5. The Morgan fingerprint density at radius 3 is 2.77 bits per heavy atom. The fourth-order valence-corrected chi connectivity index (χ4v) is 2.47. The van der Waals surface area contributed by atoms with Gasteiger partial charge in [0.05, 0.1) is 5.69 Å². The zero-order valence-corrected chi connectivity index (χ0v) is 12.9. The van der Waals surface area contributed by atoms with Crippen LogP contribution in [-0.4, -0.2) is 29.0 Å². The van der Waals surface area contributed by atoms with Crippen molar-refractivity contribution in [2.75, 3.05) is 24.3 Å². The number of pyridine rings is 1. The van der Waals surface area contributed by atoms with Crippen molar-refractivity contribution < 1.29 is 4.39 Å². The van der Waals surface area contributed by atoms with Crippen LogP contribution in [0, 0.1) is 5.82 Å². The summed E-state index contributed by atoms with van der Waals surface area (Å²) in [5.74, 6) is 1.09. The highest BCUT2D eigenvalue weighted by atomic mass is 19.1. The molecule has 0 saturated heterocycles. The Morgan fingerprint density at radius 1 is 1.27 bits per heavy atom. The third kappa shape index (κ3) is 3.00. The van der Waals surface area contributed by atoms with Crippen molar-refractivity contribution in [2.24, 2.45) is 0 Å². The van der Waals surface area contributed by atoms with E-state index in [-0.39, 0.29) is 17.6 Å². The predicted molar refractivity (Wildman–Crippen MR) is 84.5 cm³/mol. The molecule has 0 atom stereocenters. The van der Waals surface area contributed by atoms with Gasteiger partial charge in [0, 0.05) is 32.8 Å². The van der Waals surface area contributed by atoms with E-state index in [0.717, 1.165) is 30.6 Å². The standard InChI is InChI=1S/C16H20FN5/c1-22(2)13-8-11(6-7-18-13)9-19-16-14(17)15(20-10-21-16)12-4-3-5-12/h6-8,10,12H,3-5,9H2,1-2H3,(H,19,20,21). The molecular weight excluding hydrogens is 281 g/mol. The van der Waals surface area contributed by atoms with E-state index in [4.69, 9.17) is 0 Å². The second kappa shape index (κ2) is 6.25. The highest BCUT2D eigenvalue weighted by Crippen LogP contribution is 2.37. The van der Waals surface area contributed by atoms with E-state index in [9.17, 15) is 4.39 Å². The molecule has 2 aromatic heterocycles. The van der Waals surface area contributed by atoms with Crippen molar-refractivity contribution >= 4 is 11.6 Å². The number of aromatic nitrogens is 3. The maximum Gasteiger partial charge on any atom is 0.187 e. The fourth-order valence-electron chi connectivity index (χ4n) is 2.47. The number of hydrogen-bond acceptors (Lipinski definition) is 5. The van der Waals surface area contributed by atoms with Crippen LogP contribution in [0.5, 0.6) is 0 Å². The average molecular weight is 301 g/mol. The second-order valence-corrected chi connectivity index (χ2v) is 5.82. The summed E-state index contributed by atoms with van der Waals surface area (Å²) in [7, 11) is 3.88. The molecule has 0 unspecified atom stereocenters. The minimum Gasteiger partial charge on any atom is -0.363 e. The number of nitrogens with zero attached hydrogens (tertiary/aromatic N) is 4. The van der Waals surface area contributed by atoms with Crippen LogP contribution in [0.2, 0.25) is 0 Å². The quantitative estimate of drug-likeness (QED) is 0.920. The van der Waals surface area contributed by atoms with Crippen LogP contribution in [0.3, 0.4) is 0 Å². The van der Waals surface area contributed by atoms with Crippen LogP contribution in [0.1, 0.15) is 36.4 Å². The van der Waals surface area contributed by atoms with Gasteiger partial charge in [-0.15, -0.1) is 0 Å². The van der Waals surface area contributed by atoms with Gasteiger partial charge in [-0.25, -0.2) is 19.3 Å². The first-order valence-corrected chi connectivity index (χ1v) is 7.51. The Morgan fingerprint density at radius 2 is 2.09 bits per heavy atom. The van der Waals surface area contributed by atoms with E-state index >= 15 is 0 Å². The molecule has 0 amide bonds. The van der Waals surface area contributed by atoms with Gasteiger partial charge in [0.25, 0.3) is 0 Å². The maximum absolute atomic E-state index is 14.4. The van der Waals surface area contributed by atoms with Gasteiger partial charge in [0.15, 0.2) is 11.6 Å². The van der Waals surface area contributed by atoms with Gasteiger partial charge in [-0.2, -0.15) is 0 Å². The predicted octanol–water partition coefficient (Wildman–Crippen LogP) is 2.96.